The summed E-state index contributed by atoms with van der Waals surface area (Å²) in [5.41, 5.74) is 0. The molecule has 0 unspecified atom stereocenters. The molecule has 0 bridgehead atoms. The van der Waals surface area contributed by atoms with Gasteiger partial charge in [0, 0.05) is 0 Å². The fourth-order valence-electron chi connectivity index (χ4n) is 1.47. The second kappa shape index (κ2) is 6.90. The smallest absolute Gasteiger partial charge is 0.0975 e. The van der Waals surface area contributed by atoms with Crippen LogP contribution in [0.2, 0.25) is 0 Å². The minimum atomic E-state index is 1.16. The van der Waals surface area contributed by atoms with Gasteiger partial charge in [0.15, 0.2) is 0 Å². The van der Waals surface area contributed by atoms with Crippen molar-refractivity contribution in [3.05, 3.63) is 24.3 Å². The van der Waals surface area contributed by atoms with Crippen molar-refractivity contribution in [2.24, 2.45) is 0 Å². The van der Waals surface area contributed by atoms with Gasteiger partial charge < -0.3 is 4.48 Å². The summed E-state index contributed by atoms with van der Waals surface area (Å²) in [4.78, 5) is 0. The fourth-order valence-corrected chi connectivity index (χ4v) is 1.47. The Morgan fingerprint density at radius 3 is 1.46 bits per heavy atom. The normalized spacial score (nSPS) is 13.2. The zero-order valence-corrected chi connectivity index (χ0v) is 9.59. The first kappa shape index (κ1) is 12.4. The molecule has 0 aliphatic heterocycles. The van der Waals surface area contributed by atoms with Crippen molar-refractivity contribution in [2.45, 2.75) is 27.7 Å². The summed E-state index contributed by atoms with van der Waals surface area (Å²) in [6, 6.07) is 0. The molecule has 0 aliphatic rings. The molecule has 0 N–H and O–H groups in total. The standard InChI is InChI=1S/C12H24N/c1-5-9-11-13(7-3,8-4)12-10-6-2/h5-6,9-10H,7-8,11-12H2,1-4H3/q+1. The molecular formula is C12H24N+. The van der Waals surface area contributed by atoms with Crippen LogP contribution < -0.4 is 0 Å². The van der Waals surface area contributed by atoms with Crippen LogP contribution in [0.25, 0.3) is 0 Å². The van der Waals surface area contributed by atoms with Crippen molar-refractivity contribution in [3.8, 4) is 0 Å². The molecular weight excluding hydrogens is 158 g/mol. The summed E-state index contributed by atoms with van der Waals surface area (Å²) in [5, 5.41) is 0. The van der Waals surface area contributed by atoms with Crippen molar-refractivity contribution in [1.29, 1.82) is 0 Å². The maximum absolute atomic E-state index is 2.27. The van der Waals surface area contributed by atoms with Crippen LogP contribution in [0.15, 0.2) is 24.3 Å². The van der Waals surface area contributed by atoms with Crippen LogP contribution in [0.5, 0.6) is 0 Å². The average Bonchev–Trinajstić information content (AvgIpc) is 2.20. The first-order valence-electron chi connectivity index (χ1n) is 5.32. The molecule has 0 saturated heterocycles. The van der Waals surface area contributed by atoms with E-state index in [1.54, 1.807) is 0 Å². The Bertz CT molecular complexity index is 148. The summed E-state index contributed by atoms with van der Waals surface area (Å²) in [6.45, 7) is 13.5. The molecule has 0 spiro atoms. The van der Waals surface area contributed by atoms with E-state index in [1.165, 1.54) is 17.6 Å². The van der Waals surface area contributed by atoms with Gasteiger partial charge in [-0.2, -0.15) is 0 Å². The second-order valence-electron chi connectivity index (χ2n) is 3.48. The van der Waals surface area contributed by atoms with Gasteiger partial charge in [0.05, 0.1) is 26.2 Å². The van der Waals surface area contributed by atoms with Crippen molar-refractivity contribution in [2.75, 3.05) is 26.2 Å². The number of nitrogens with zero attached hydrogens (tertiary/aromatic N) is 1. The maximum atomic E-state index is 2.27. The van der Waals surface area contributed by atoms with Crippen LogP contribution in [-0.4, -0.2) is 30.7 Å². The third-order valence-electron chi connectivity index (χ3n) is 2.80. The SMILES string of the molecule is CC=CC[N+](CC)(CC)CC=CC. The van der Waals surface area contributed by atoms with Gasteiger partial charge in [-0.05, 0) is 39.8 Å². The molecule has 0 rings (SSSR count). The van der Waals surface area contributed by atoms with E-state index < -0.39 is 0 Å². The predicted molar refractivity (Wildman–Crippen MR) is 60.7 cm³/mol. The van der Waals surface area contributed by atoms with Crippen LogP contribution in [0.1, 0.15) is 27.7 Å². The third-order valence-corrected chi connectivity index (χ3v) is 2.80. The van der Waals surface area contributed by atoms with Gasteiger partial charge in [-0.15, -0.1) is 0 Å². The zero-order chi connectivity index (χ0) is 10.2. The summed E-state index contributed by atoms with van der Waals surface area (Å²) < 4.78 is 1.18. The largest absolute Gasteiger partial charge is 0.318 e. The lowest BCUT2D eigenvalue weighted by molar-refractivity contribution is -0.914. The molecule has 0 fully saturated rings. The first-order valence-corrected chi connectivity index (χ1v) is 5.32. The quantitative estimate of drug-likeness (QED) is 0.437. The fraction of sp³-hybridized carbons (Fsp3) is 0.667. The molecule has 0 aromatic heterocycles. The first-order chi connectivity index (χ1) is 6.24. The summed E-state index contributed by atoms with van der Waals surface area (Å²) in [6.07, 6.45) is 8.84. The highest BCUT2D eigenvalue weighted by Gasteiger charge is 2.18. The van der Waals surface area contributed by atoms with E-state index in [2.05, 4.69) is 52.0 Å². The van der Waals surface area contributed by atoms with Gasteiger partial charge in [-0.3, -0.25) is 0 Å². The van der Waals surface area contributed by atoms with Gasteiger partial charge in [0.25, 0.3) is 0 Å². The molecule has 0 heterocycles. The highest BCUT2D eigenvalue weighted by molar-refractivity contribution is 4.80. The minimum Gasteiger partial charge on any atom is -0.318 e. The van der Waals surface area contributed by atoms with Crippen molar-refractivity contribution in [1.82, 2.24) is 0 Å². The van der Waals surface area contributed by atoms with E-state index in [0.717, 1.165) is 13.1 Å². The number of hydrogen-bond acceptors (Lipinski definition) is 0. The Kier molecular flexibility index (Phi) is 6.61. The van der Waals surface area contributed by atoms with E-state index in [4.69, 9.17) is 0 Å². The molecule has 1 heteroatoms. The van der Waals surface area contributed by atoms with Gasteiger partial charge in [-0.25, -0.2) is 0 Å². The average molecular weight is 182 g/mol. The highest BCUT2D eigenvalue weighted by atomic mass is 15.3. The van der Waals surface area contributed by atoms with E-state index in [0.29, 0.717) is 0 Å². The lowest BCUT2D eigenvalue weighted by Gasteiger charge is -2.34. The molecule has 0 aromatic carbocycles. The molecule has 1 nitrogen and oxygen atoms in total. The van der Waals surface area contributed by atoms with Crippen molar-refractivity contribution >= 4 is 0 Å². The summed E-state index contributed by atoms with van der Waals surface area (Å²) >= 11 is 0. The van der Waals surface area contributed by atoms with Crippen LogP contribution >= 0.6 is 0 Å². The minimum absolute atomic E-state index is 1.16. The van der Waals surface area contributed by atoms with Crippen LogP contribution in [-0.2, 0) is 0 Å². The summed E-state index contributed by atoms with van der Waals surface area (Å²) in [5.74, 6) is 0. The Labute approximate surface area is 83.3 Å². The number of hydrogen-bond donors (Lipinski definition) is 0. The highest BCUT2D eigenvalue weighted by Crippen LogP contribution is 2.06. The molecule has 0 radical (unpaired) electrons. The lowest BCUT2D eigenvalue weighted by Crippen LogP contribution is -2.47. The number of allylic oxidation sites excluding steroid dienone is 2. The number of rotatable bonds is 6. The Balaban J connectivity index is 4.29. The van der Waals surface area contributed by atoms with Crippen LogP contribution in [0, 0.1) is 0 Å². The zero-order valence-electron chi connectivity index (χ0n) is 9.59. The van der Waals surface area contributed by atoms with Crippen LogP contribution in [0.3, 0.4) is 0 Å². The molecule has 0 amide bonds. The van der Waals surface area contributed by atoms with Gasteiger partial charge >= 0.3 is 0 Å². The summed E-state index contributed by atoms with van der Waals surface area (Å²) in [7, 11) is 0. The van der Waals surface area contributed by atoms with Gasteiger partial charge in [0.2, 0.25) is 0 Å². The topological polar surface area (TPSA) is 0 Å². The Morgan fingerprint density at radius 1 is 0.846 bits per heavy atom. The van der Waals surface area contributed by atoms with Crippen LogP contribution in [0.4, 0.5) is 0 Å². The second-order valence-corrected chi connectivity index (χ2v) is 3.48. The number of likely N-dealkylation sites (N-methyl/N-ethyl adjacent to an activating group) is 1. The van der Waals surface area contributed by atoms with E-state index in [1.807, 2.05) is 0 Å². The lowest BCUT2D eigenvalue weighted by atomic mass is 10.3. The number of quaternary nitrogens is 1. The van der Waals surface area contributed by atoms with Crippen molar-refractivity contribution in [3.63, 3.8) is 0 Å². The van der Waals surface area contributed by atoms with E-state index in [-0.39, 0.29) is 0 Å². The van der Waals surface area contributed by atoms with E-state index in [9.17, 15) is 0 Å². The van der Waals surface area contributed by atoms with E-state index >= 15 is 0 Å². The van der Waals surface area contributed by atoms with Gasteiger partial charge in [-0.1, -0.05) is 12.2 Å². The molecule has 0 atom stereocenters. The Hall–Kier alpha value is -0.560. The Morgan fingerprint density at radius 2 is 1.23 bits per heavy atom. The van der Waals surface area contributed by atoms with Gasteiger partial charge in [0.1, 0.15) is 0 Å². The molecule has 0 saturated carbocycles. The molecule has 0 aromatic rings. The molecule has 76 valence electrons. The maximum Gasteiger partial charge on any atom is 0.0975 e. The predicted octanol–water partition coefficient (Wildman–Crippen LogP) is 3.00. The molecule has 13 heavy (non-hydrogen) atoms. The van der Waals surface area contributed by atoms with Crippen molar-refractivity contribution < 1.29 is 4.48 Å². The molecule has 0 aliphatic carbocycles. The monoisotopic (exact) mass is 182 g/mol. The third kappa shape index (κ3) is 4.28.